The third kappa shape index (κ3) is 6.79. The van der Waals surface area contributed by atoms with E-state index in [1.807, 2.05) is 30.3 Å². The Bertz CT molecular complexity index is 1130. The maximum Gasteiger partial charge on any atom is 0.250 e. The lowest BCUT2D eigenvalue weighted by Gasteiger charge is -2.10. The largest absolute Gasteiger partial charge is 0.350 e. The van der Waals surface area contributed by atoms with Crippen LogP contribution < -0.4 is 16.1 Å². The summed E-state index contributed by atoms with van der Waals surface area (Å²) in [7, 11) is 0. The molecule has 0 amide bonds. The topological polar surface area (TPSA) is 87.1 Å². The van der Waals surface area contributed by atoms with Crippen LogP contribution in [-0.4, -0.2) is 21.2 Å². The molecule has 0 saturated heterocycles. The van der Waals surface area contributed by atoms with Gasteiger partial charge >= 0.3 is 0 Å². The SMILES string of the molecule is Fc1ccc(CNc2nc(NCc3ccc(F)cc3)nc(N/N=C/c3ccccc3)n2)cc1. The zero-order valence-electron chi connectivity index (χ0n) is 17.5. The fourth-order valence-electron chi connectivity index (χ4n) is 2.85. The van der Waals surface area contributed by atoms with E-state index >= 15 is 0 Å². The van der Waals surface area contributed by atoms with Gasteiger partial charge in [0.2, 0.25) is 17.8 Å². The second kappa shape index (κ2) is 10.8. The molecule has 1 heterocycles. The van der Waals surface area contributed by atoms with E-state index in [2.05, 4.69) is 36.1 Å². The maximum atomic E-state index is 13.1. The quantitative estimate of drug-likeness (QED) is 0.253. The standard InChI is InChI=1S/C24H21F2N7/c25-20-10-6-18(7-11-20)14-27-22-30-23(28-15-19-8-12-21(26)13-9-19)32-24(31-22)33-29-16-17-4-2-1-3-5-17/h1-13,16H,14-15H2,(H3,27,28,30,31,32,33)/b29-16+. The number of hydrogen-bond donors (Lipinski definition) is 3. The van der Waals surface area contributed by atoms with Crippen molar-refractivity contribution in [3.63, 3.8) is 0 Å². The van der Waals surface area contributed by atoms with E-state index in [1.54, 1.807) is 30.5 Å². The lowest BCUT2D eigenvalue weighted by Crippen LogP contribution is -2.11. The summed E-state index contributed by atoms with van der Waals surface area (Å²) in [4.78, 5) is 13.1. The summed E-state index contributed by atoms with van der Waals surface area (Å²) in [5.41, 5.74) is 5.47. The molecule has 4 rings (SSSR count). The summed E-state index contributed by atoms with van der Waals surface area (Å²) in [6.45, 7) is 0.794. The van der Waals surface area contributed by atoms with E-state index in [1.165, 1.54) is 24.3 Å². The fourth-order valence-corrected chi connectivity index (χ4v) is 2.85. The molecule has 0 unspecified atom stereocenters. The first-order valence-corrected chi connectivity index (χ1v) is 10.2. The third-order valence-corrected chi connectivity index (χ3v) is 4.54. The van der Waals surface area contributed by atoms with Crippen molar-refractivity contribution in [2.24, 2.45) is 5.10 Å². The van der Waals surface area contributed by atoms with Gasteiger partial charge in [-0.2, -0.15) is 20.1 Å². The van der Waals surface area contributed by atoms with Gasteiger partial charge in [-0.3, -0.25) is 0 Å². The highest BCUT2D eigenvalue weighted by atomic mass is 19.1. The lowest BCUT2D eigenvalue weighted by atomic mass is 10.2. The molecule has 0 aliphatic carbocycles. The van der Waals surface area contributed by atoms with Crippen LogP contribution in [0.15, 0.2) is 84.0 Å². The molecule has 33 heavy (non-hydrogen) atoms. The molecule has 0 aliphatic heterocycles. The van der Waals surface area contributed by atoms with Gasteiger partial charge in [-0.1, -0.05) is 54.6 Å². The Kier molecular flexibility index (Phi) is 7.11. The molecule has 0 fully saturated rings. The van der Waals surface area contributed by atoms with Gasteiger partial charge in [-0.05, 0) is 41.0 Å². The minimum Gasteiger partial charge on any atom is -0.350 e. The van der Waals surface area contributed by atoms with Crippen LogP contribution >= 0.6 is 0 Å². The minimum atomic E-state index is -0.297. The average Bonchev–Trinajstić information content (AvgIpc) is 2.84. The second-order valence-corrected chi connectivity index (χ2v) is 7.05. The molecule has 0 aliphatic rings. The van der Waals surface area contributed by atoms with Crippen molar-refractivity contribution < 1.29 is 8.78 Å². The zero-order chi connectivity index (χ0) is 22.9. The number of aromatic nitrogens is 3. The molecular formula is C24H21F2N7. The summed E-state index contributed by atoms with van der Waals surface area (Å²) < 4.78 is 26.3. The Balaban J connectivity index is 1.48. The number of nitrogens with one attached hydrogen (secondary N) is 3. The van der Waals surface area contributed by atoms with Crippen LogP contribution in [0.5, 0.6) is 0 Å². The van der Waals surface area contributed by atoms with Crippen LogP contribution in [0.2, 0.25) is 0 Å². The van der Waals surface area contributed by atoms with E-state index in [9.17, 15) is 8.78 Å². The molecule has 166 valence electrons. The van der Waals surface area contributed by atoms with Crippen LogP contribution in [0.3, 0.4) is 0 Å². The van der Waals surface area contributed by atoms with Crippen LogP contribution in [0.4, 0.5) is 26.6 Å². The summed E-state index contributed by atoms with van der Waals surface area (Å²) in [6.07, 6.45) is 1.65. The summed E-state index contributed by atoms with van der Waals surface area (Å²) in [5.74, 6) is 0.269. The van der Waals surface area contributed by atoms with E-state index in [0.717, 1.165) is 16.7 Å². The van der Waals surface area contributed by atoms with E-state index in [4.69, 9.17) is 0 Å². The van der Waals surface area contributed by atoms with Crippen LogP contribution in [-0.2, 0) is 13.1 Å². The number of nitrogens with zero attached hydrogens (tertiary/aromatic N) is 4. The van der Waals surface area contributed by atoms with Crippen LogP contribution in [0.1, 0.15) is 16.7 Å². The normalized spacial score (nSPS) is 10.8. The van der Waals surface area contributed by atoms with Crippen molar-refractivity contribution in [3.8, 4) is 0 Å². The van der Waals surface area contributed by atoms with Crippen molar-refractivity contribution in [2.45, 2.75) is 13.1 Å². The molecule has 0 spiro atoms. The van der Waals surface area contributed by atoms with Crippen LogP contribution in [0.25, 0.3) is 0 Å². The number of hydrazone groups is 1. The Morgan fingerprint density at radius 1 is 0.636 bits per heavy atom. The van der Waals surface area contributed by atoms with Gasteiger partial charge in [-0.15, -0.1) is 0 Å². The van der Waals surface area contributed by atoms with E-state index < -0.39 is 0 Å². The predicted octanol–water partition coefficient (Wildman–Crippen LogP) is 4.82. The summed E-state index contributed by atoms with van der Waals surface area (Å²) in [5, 5.41) is 10.4. The molecule has 3 aromatic carbocycles. The van der Waals surface area contributed by atoms with Crippen molar-refractivity contribution in [2.75, 3.05) is 16.1 Å². The van der Waals surface area contributed by atoms with Gasteiger partial charge < -0.3 is 10.6 Å². The van der Waals surface area contributed by atoms with Gasteiger partial charge in [0.15, 0.2) is 0 Å². The Morgan fingerprint density at radius 2 is 1.12 bits per heavy atom. The van der Waals surface area contributed by atoms with Crippen LogP contribution in [0, 0.1) is 11.6 Å². The minimum absolute atomic E-state index is 0.236. The van der Waals surface area contributed by atoms with Gasteiger partial charge in [0.25, 0.3) is 0 Å². The van der Waals surface area contributed by atoms with E-state index in [-0.39, 0.29) is 17.6 Å². The first kappa shape index (κ1) is 21.8. The second-order valence-electron chi connectivity index (χ2n) is 7.05. The molecule has 0 saturated carbocycles. The third-order valence-electron chi connectivity index (χ3n) is 4.54. The Hall–Kier alpha value is -4.40. The number of anilines is 3. The summed E-state index contributed by atoms with van der Waals surface area (Å²) in [6, 6.07) is 21.9. The highest BCUT2D eigenvalue weighted by Gasteiger charge is 2.07. The highest BCUT2D eigenvalue weighted by Crippen LogP contribution is 2.13. The molecule has 3 N–H and O–H groups in total. The van der Waals surface area contributed by atoms with Gasteiger partial charge in [-0.25, -0.2) is 14.2 Å². The highest BCUT2D eigenvalue weighted by molar-refractivity contribution is 5.79. The maximum absolute atomic E-state index is 13.1. The molecule has 7 nitrogen and oxygen atoms in total. The predicted molar refractivity (Wildman–Crippen MR) is 125 cm³/mol. The van der Waals surface area contributed by atoms with Crippen molar-refractivity contribution in [3.05, 3.63) is 107 Å². The van der Waals surface area contributed by atoms with Crippen molar-refractivity contribution in [1.82, 2.24) is 15.0 Å². The van der Waals surface area contributed by atoms with Gasteiger partial charge in [0.05, 0.1) is 6.21 Å². The first-order valence-electron chi connectivity index (χ1n) is 10.2. The van der Waals surface area contributed by atoms with E-state index in [0.29, 0.717) is 25.0 Å². The lowest BCUT2D eigenvalue weighted by molar-refractivity contribution is 0.626. The molecule has 1 aromatic heterocycles. The number of rotatable bonds is 9. The van der Waals surface area contributed by atoms with Gasteiger partial charge in [0, 0.05) is 13.1 Å². The number of benzene rings is 3. The Morgan fingerprint density at radius 3 is 1.64 bits per heavy atom. The monoisotopic (exact) mass is 445 g/mol. The Labute approximate surface area is 189 Å². The fraction of sp³-hybridized carbons (Fsp3) is 0.0833. The molecule has 0 radical (unpaired) electrons. The number of hydrogen-bond acceptors (Lipinski definition) is 7. The molecule has 0 bridgehead atoms. The number of halogens is 2. The smallest absolute Gasteiger partial charge is 0.250 e. The molecule has 9 heteroatoms. The molecule has 0 atom stereocenters. The molecular weight excluding hydrogens is 424 g/mol. The average molecular weight is 445 g/mol. The zero-order valence-corrected chi connectivity index (χ0v) is 17.5. The molecule has 4 aromatic rings. The summed E-state index contributed by atoms with van der Waals surface area (Å²) >= 11 is 0. The van der Waals surface area contributed by atoms with Crippen molar-refractivity contribution >= 4 is 24.1 Å². The first-order chi connectivity index (χ1) is 16.1. The van der Waals surface area contributed by atoms with Crippen molar-refractivity contribution in [1.29, 1.82) is 0 Å². The van der Waals surface area contributed by atoms with Gasteiger partial charge in [0.1, 0.15) is 11.6 Å².